The van der Waals surface area contributed by atoms with Crippen molar-refractivity contribution in [2.24, 2.45) is 5.84 Å². The van der Waals surface area contributed by atoms with Crippen LogP contribution in [-0.4, -0.2) is 9.97 Å². The van der Waals surface area contributed by atoms with E-state index in [1.165, 1.54) is 0 Å². The van der Waals surface area contributed by atoms with E-state index in [2.05, 4.69) is 43.6 Å². The van der Waals surface area contributed by atoms with Gasteiger partial charge in [0.05, 0.1) is 0 Å². The molecule has 0 saturated carbocycles. The van der Waals surface area contributed by atoms with Crippen LogP contribution in [-0.2, 0) is 6.42 Å². The third-order valence-corrected chi connectivity index (χ3v) is 3.35. The first-order valence-corrected chi connectivity index (χ1v) is 7.29. The van der Waals surface area contributed by atoms with Crippen molar-refractivity contribution >= 4 is 33.3 Å². The number of nitrogens with zero attached hydrogens (tertiary/aromatic N) is 2. The molecule has 0 spiro atoms. The zero-order valence-electron chi connectivity index (χ0n) is 11.6. The second kappa shape index (κ2) is 6.67. The predicted octanol–water partition coefficient (Wildman–Crippen LogP) is 3.53. The molecule has 0 unspecified atom stereocenters. The molecule has 1 aromatic heterocycles. The molecule has 0 saturated heterocycles. The number of halogens is 1. The molecule has 0 amide bonds. The van der Waals surface area contributed by atoms with E-state index in [-0.39, 0.29) is 0 Å². The van der Waals surface area contributed by atoms with Crippen molar-refractivity contribution in [3.05, 3.63) is 40.1 Å². The minimum Gasteiger partial charge on any atom is -0.340 e. The molecule has 0 fully saturated rings. The molecule has 5 nitrogen and oxygen atoms in total. The van der Waals surface area contributed by atoms with Gasteiger partial charge in [-0.1, -0.05) is 28.9 Å². The number of hydrogen-bond donors (Lipinski definition) is 3. The van der Waals surface area contributed by atoms with Gasteiger partial charge in [-0.2, -0.15) is 0 Å². The number of hydrazine groups is 1. The van der Waals surface area contributed by atoms with E-state index in [0.29, 0.717) is 5.82 Å². The third-order valence-electron chi connectivity index (χ3n) is 2.86. The van der Waals surface area contributed by atoms with E-state index in [4.69, 9.17) is 5.84 Å². The van der Waals surface area contributed by atoms with E-state index < -0.39 is 0 Å². The second-order valence-electron chi connectivity index (χ2n) is 4.53. The van der Waals surface area contributed by atoms with Crippen LogP contribution in [0, 0.1) is 6.92 Å². The molecule has 1 heterocycles. The van der Waals surface area contributed by atoms with Crippen molar-refractivity contribution in [3.8, 4) is 0 Å². The Labute approximate surface area is 127 Å². The van der Waals surface area contributed by atoms with Crippen LogP contribution < -0.4 is 16.6 Å². The standard InChI is InChI=1S/C14H18BrN5/c1-3-4-12-18-13(8-14(19-12)20-16)17-11-7-10(15)6-5-9(11)2/h5-8H,3-4,16H2,1-2H3,(H2,17,18,19,20). The number of anilines is 3. The normalized spacial score (nSPS) is 10.4. The fraction of sp³-hybridized carbons (Fsp3) is 0.286. The van der Waals surface area contributed by atoms with Gasteiger partial charge in [-0.05, 0) is 31.0 Å². The summed E-state index contributed by atoms with van der Waals surface area (Å²) in [6.07, 6.45) is 1.81. The van der Waals surface area contributed by atoms with E-state index in [1.54, 1.807) is 6.07 Å². The Hall–Kier alpha value is -1.66. The lowest BCUT2D eigenvalue weighted by Gasteiger charge is -2.11. The lowest BCUT2D eigenvalue weighted by Crippen LogP contribution is -2.11. The molecule has 0 radical (unpaired) electrons. The van der Waals surface area contributed by atoms with Crippen LogP contribution >= 0.6 is 15.9 Å². The maximum Gasteiger partial charge on any atom is 0.145 e. The molecule has 0 aliphatic rings. The lowest BCUT2D eigenvalue weighted by molar-refractivity contribution is 0.837. The summed E-state index contributed by atoms with van der Waals surface area (Å²) in [4.78, 5) is 8.83. The quantitative estimate of drug-likeness (QED) is 0.575. The van der Waals surface area contributed by atoms with Crippen LogP contribution in [0.25, 0.3) is 0 Å². The first-order valence-electron chi connectivity index (χ1n) is 6.50. The SMILES string of the molecule is CCCc1nc(NN)cc(Nc2cc(Br)ccc2C)n1. The number of benzene rings is 1. The van der Waals surface area contributed by atoms with E-state index in [9.17, 15) is 0 Å². The van der Waals surface area contributed by atoms with Gasteiger partial charge in [-0.3, -0.25) is 0 Å². The zero-order valence-corrected chi connectivity index (χ0v) is 13.2. The highest BCUT2D eigenvalue weighted by atomic mass is 79.9. The highest BCUT2D eigenvalue weighted by Crippen LogP contribution is 2.24. The third kappa shape index (κ3) is 3.68. The monoisotopic (exact) mass is 335 g/mol. The van der Waals surface area contributed by atoms with Crippen molar-refractivity contribution in [1.82, 2.24) is 9.97 Å². The minimum atomic E-state index is 0.610. The highest BCUT2D eigenvalue weighted by molar-refractivity contribution is 9.10. The smallest absolute Gasteiger partial charge is 0.145 e. The summed E-state index contributed by atoms with van der Waals surface area (Å²) in [5.41, 5.74) is 4.73. The van der Waals surface area contributed by atoms with Crippen molar-refractivity contribution in [2.75, 3.05) is 10.7 Å². The number of nitrogens with one attached hydrogen (secondary N) is 2. The van der Waals surface area contributed by atoms with Gasteiger partial charge < -0.3 is 10.7 Å². The van der Waals surface area contributed by atoms with Gasteiger partial charge in [0.1, 0.15) is 17.5 Å². The molecule has 1 aromatic carbocycles. The fourth-order valence-corrected chi connectivity index (χ4v) is 2.20. The van der Waals surface area contributed by atoms with Gasteiger partial charge in [0.15, 0.2) is 0 Å². The van der Waals surface area contributed by atoms with Crippen molar-refractivity contribution in [3.63, 3.8) is 0 Å². The zero-order chi connectivity index (χ0) is 14.5. The summed E-state index contributed by atoms with van der Waals surface area (Å²) >= 11 is 3.47. The molecular weight excluding hydrogens is 318 g/mol. The summed E-state index contributed by atoms with van der Waals surface area (Å²) in [6, 6.07) is 7.87. The van der Waals surface area contributed by atoms with E-state index in [0.717, 1.165) is 40.2 Å². The largest absolute Gasteiger partial charge is 0.340 e. The van der Waals surface area contributed by atoms with Gasteiger partial charge in [-0.25, -0.2) is 15.8 Å². The Morgan fingerprint density at radius 1 is 1.20 bits per heavy atom. The molecule has 0 atom stereocenters. The van der Waals surface area contributed by atoms with Gasteiger partial charge in [0.2, 0.25) is 0 Å². The summed E-state index contributed by atoms with van der Waals surface area (Å²) in [5.74, 6) is 7.58. The highest BCUT2D eigenvalue weighted by Gasteiger charge is 2.06. The maximum absolute atomic E-state index is 5.46. The molecule has 0 aliphatic heterocycles. The molecule has 20 heavy (non-hydrogen) atoms. The van der Waals surface area contributed by atoms with Crippen LogP contribution in [0.2, 0.25) is 0 Å². The Bertz CT molecular complexity index is 600. The summed E-state index contributed by atoms with van der Waals surface area (Å²) in [5, 5.41) is 3.31. The van der Waals surface area contributed by atoms with Gasteiger partial charge in [0, 0.05) is 22.6 Å². The van der Waals surface area contributed by atoms with Gasteiger partial charge in [0.25, 0.3) is 0 Å². The average Bonchev–Trinajstić information content (AvgIpc) is 2.43. The Morgan fingerprint density at radius 2 is 1.95 bits per heavy atom. The lowest BCUT2D eigenvalue weighted by atomic mass is 10.2. The summed E-state index contributed by atoms with van der Waals surface area (Å²) in [7, 11) is 0. The summed E-state index contributed by atoms with van der Waals surface area (Å²) < 4.78 is 1.02. The molecular formula is C14H18BrN5. The van der Waals surface area contributed by atoms with Crippen LogP contribution in [0.5, 0.6) is 0 Å². The van der Waals surface area contributed by atoms with Crippen molar-refractivity contribution < 1.29 is 0 Å². The topological polar surface area (TPSA) is 75.9 Å². The number of aryl methyl sites for hydroxylation is 2. The van der Waals surface area contributed by atoms with Crippen LogP contribution in [0.15, 0.2) is 28.7 Å². The molecule has 4 N–H and O–H groups in total. The number of rotatable bonds is 5. The van der Waals surface area contributed by atoms with Crippen LogP contribution in [0.1, 0.15) is 24.7 Å². The number of aromatic nitrogens is 2. The van der Waals surface area contributed by atoms with Gasteiger partial charge in [-0.15, -0.1) is 0 Å². The predicted molar refractivity (Wildman–Crippen MR) is 86.0 cm³/mol. The minimum absolute atomic E-state index is 0.610. The number of nitrogens with two attached hydrogens (primary N) is 1. The van der Waals surface area contributed by atoms with E-state index in [1.807, 2.05) is 25.1 Å². The van der Waals surface area contributed by atoms with Crippen molar-refractivity contribution in [2.45, 2.75) is 26.7 Å². The van der Waals surface area contributed by atoms with Crippen molar-refractivity contribution in [1.29, 1.82) is 0 Å². The Kier molecular flexibility index (Phi) is 4.92. The molecule has 2 rings (SSSR count). The molecule has 0 bridgehead atoms. The summed E-state index contributed by atoms with van der Waals surface area (Å²) in [6.45, 7) is 4.14. The first kappa shape index (κ1) is 14.7. The molecule has 2 aromatic rings. The average molecular weight is 336 g/mol. The Balaban J connectivity index is 2.32. The second-order valence-corrected chi connectivity index (χ2v) is 5.45. The van der Waals surface area contributed by atoms with E-state index >= 15 is 0 Å². The van der Waals surface area contributed by atoms with Crippen LogP contribution in [0.4, 0.5) is 17.3 Å². The fourth-order valence-electron chi connectivity index (χ4n) is 1.84. The number of nitrogen functional groups attached to an aromatic ring is 1. The van der Waals surface area contributed by atoms with Crippen LogP contribution in [0.3, 0.4) is 0 Å². The molecule has 6 heteroatoms. The first-order chi connectivity index (χ1) is 9.62. The number of hydrogen-bond acceptors (Lipinski definition) is 5. The van der Waals surface area contributed by atoms with Gasteiger partial charge >= 0.3 is 0 Å². The molecule has 106 valence electrons. The Morgan fingerprint density at radius 3 is 2.65 bits per heavy atom. The molecule has 0 aliphatic carbocycles. The maximum atomic E-state index is 5.46.